The van der Waals surface area contributed by atoms with Gasteiger partial charge in [0.15, 0.2) is 0 Å². The smallest absolute Gasteiger partial charge is 0.326 e. The third kappa shape index (κ3) is 10.5. The summed E-state index contributed by atoms with van der Waals surface area (Å²) in [4.78, 5) is 41.9. The monoisotopic (exact) mass is 527 g/mol. The molecule has 0 unspecified atom stereocenters. The van der Waals surface area contributed by atoms with Gasteiger partial charge in [0.25, 0.3) is 0 Å². The number of hydrogen-bond acceptors (Lipinski definition) is 9. The molecule has 0 spiro atoms. The molecule has 2 heterocycles. The van der Waals surface area contributed by atoms with E-state index in [0.717, 1.165) is 17.7 Å². The van der Waals surface area contributed by atoms with Crippen LogP contribution in [0.15, 0.2) is 17.5 Å². The maximum atomic E-state index is 13.6. The Morgan fingerprint density at radius 1 is 1.17 bits per heavy atom. The first-order valence-electron chi connectivity index (χ1n) is 12.1. The number of nitrogens with one attached hydrogen (secondary N) is 1. The lowest BCUT2D eigenvalue weighted by Crippen LogP contribution is -2.54. The molecule has 0 aliphatic carbocycles. The molecule has 1 aliphatic heterocycles. The zero-order valence-electron chi connectivity index (χ0n) is 21.8. The first-order chi connectivity index (χ1) is 16.3. The number of carbonyl (C=O) groups is 3. The fourth-order valence-electron chi connectivity index (χ4n) is 3.66. The molecule has 1 aromatic rings. The summed E-state index contributed by atoms with van der Waals surface area (Å²) in [7, 11) is 0. The second kappa shape index (κ2) is 13.1. The number of unbranched alkanes of at least 4 members (excludes halogenated alkanes) is 1. The fraction of sp³-hybridized carbons (Fsp3) is 0.720. The predicted molar refractivity (Wildman–Crippen MR) is 141 cm³/mol. The summed E-state index contributed by atoms with van der Waals surface area (Å²) in [5.41, 5.74) is 4.36. The number of thiophene rings is 1. The predicted octanol–water partition coefficient (Wildman–Crippen LogP) is 3.50. The minimum Gasteiger partial charge on any atom is -0.459 e. The van der Waals surface area contributed by atoms with Crippen molar-refractivity contribution in [3.05, 3.63) is 22.4 Å². The molecule has 2 rings (SSSR count). The maximum absolute atomic E-state index is 13.6. The highest BCUT2D eigenvalue weighted by atomic mass is 32.2. The molecule has 0 aromatic carbocycles. The Balaban J connectivity index is 2.24. The van der Waals surface area contributed by atoms with Gasteiger partial charge >= 0.3 is 11.9 Å². The third-order valence-corrected chi connectivity index (χ3v) is 7.57. The largest absolute Gasteiger partial charge is 0.459 e. The van der Waals surface area contributed by atoms with Crippen LogP contribution in [0.1, 0.15) is 70.9 Å². The van der Waals surface area contributed by atoms with E-state index in [2.05, 4.69) is 5.32 Å². The standard InChI is InChI=1S/C25H41N3O5S2/c1-24(2,3)32-21(29)15-28-14-20(19-11-9-13-34-19)35-16-18(22(28)30)27-17(10-7-8-12-26)23(31)33-25(4,5)6/h9,11,13,17-18,20,27H,7-8,10,12,14-16,26H2,1-6H3/t17-,18-,20-/m0/s1. The van der Waals surface area contributed by atoms with Crippen molar-refractivity contribution in [3.8, 4) is 0 Å². The van der Waals surface area contributed by atoms with E-state index in [1.54, 1.807) is 48.8 Å². The van der Waals surface area contributed by atoms with E-state index < -0.39 is 29.3 Å². The van der Waals surface area contributed by atoms with Gasteiger partial charge in [0.2, 0.25) is 5.91 Å². The summed E-state index contributed by atoms with van der Waals surface area (Å²) in [5.74, 6) is -0.574. The van der Waals surface area contributed by atoms with Gasteiger partial charge in [0.05, 0.1) is 11.3 Å². The molecule has 1 aromatic heterocycles. The van der Waals surface area contributed by atoms with Crippen molar-refractivity contribution >= 4 is 40.9 Å². The number of nitrogens with two attached hydrogens (primary N) is 1. The average Bonchev–Trinajstić information content (AvgIpc) is 3.20. The number of hydrogen-bond donors (Lipinski definition) is 2. The Kier molecular flexibility index (Phi) is 11.1. The molecule has 1 amide bonds. The minimum atomic E-state index is -0.643. The number of amides is 1. The van der Waals surface area contributed by atoms with E-state index in [9.17, 15) is 14.4 Å². The lowest BCUT2D eigenvalue weighted by Gasteiger charge is -2.29. The van der Waals surface area contributed by atoms with E-state index >= 15 is 0 Å². The molecule has 8 nitrogen and oxygen atoms in total. The van der Waals surface area contributed by atoms with Crippen LogP contribution in [-0.2, 0) is 23.9 Å². The van der Waals surface area contributed by atoms with E-state index in [1.807, 2.05) is 38.3 Å². The van der Waals surface area contributed by atoms with Crippen LogP contribution in [-0.4, -0.2) is 71.4 Å². The highest BCUT2D eigenvalue weighted by Gasteiger charge is 2.37. The number of thioether (sulfide) groups is 1. The van der Waals surface area contributed by atoms with Crippen molar-refractivity contribution in [1.82, 2.24) is 10.2 Å². The molecular formula is C25H41N3O5S2. The Labute approximate surface area is 217 Å². The topological polar surface area (TPSA) is 111 Å². The van der Waals surface area contributed by atoms with E-state index in [0.29, 0.717) is 25.3 Å². The number of rotatable bonds is 10. The van der Waals surface area contributed by atoms with Crippen LogP contribution in [0.5, 0.6) is 0 Å². The Bertz CT molecular complexity index is 833. The van der Waals surface area contributed by atoms with Gasteiger partial charge < -0.3 is 20.1 Å². The van der Waals surface area contributed by atoms with Crippen LogP contribution in [0.2, 0.25) is 0 Å². The molecule has 3 atom stereocenters. The normalized spacial score (nSPS) is 20.3. The van der Waals surface area contributed by atoms with Gasteiger partial charge in [0.1, 0.15) is 23.8 Å². The molecule has 1 aliphatic rings. The second-order valence-electron chi connectivity index (χ2n) is 10.7. The zero-order valence-corrected chi connectivity index (χ0v) is 23.4. The van der Waals surface area contributed by atoms with Gasteiger partial charge in [0, 0.05) is 17.2 Å². The molecule has 10 heteroatoms. The highest BCUT2D eigenvalue weighted by molar-refractivity contribution is 7.99. The van der Waals surface area contributed by atoms with Crippen LogP contribution in [0.25, 0.3) is 0 Å². The van der Waals surface area contributed by atoms with Gasteiger partial charge in [-0.05, 0) is 72.4 Å². The summed E-state index contributed by atoms with van der Waals surface area (Å²) < 4.78 is 11.1. The minimum absolute atomic E-state index is 0.0328. The van der Waals surface area contributed by atoms with Crippen LogP contribution in [0, 0.1) is 0 Å². The SMILES string of the molecule is CC(C)(C)OC(=O)CN1C[C@@H](c2cccs2)SC[C@H](N[C@@H](CCCCN)C(=O)OC(C)(C)C)C1=O. The molecule has 35 heavy (non-hydrogen) atoms. The summed E-state index contributed by atoms with van der Waals surface area (Å²) in [6.45, 7) is 11.7. The third-order valence-electron chi connectivity index (χ3n) is 5.10. The zero-order chi connectivity index (χ0) is 26.2. The van der Waals surface area contributed by atoms with Crippen LogP contribution < -0.4 is 11.1 Å². The van der Waals surface area contributed by atoms with Crippen molar-refractivity contribution in [3.63, 3.8) is 0 Å². The van der Waals surface area contributed by atoms with Crippen molar-refractivity contribution in [2.24, 2.45) is 5.73 Å². The summed E-state index contributed by atoms with van der Waals surface area (Å²) in [5, 5.41) is 5.31. The van der Waals surface area contributed by atoms with Gasteiger partial charge in [-0.1, -0.05) is 12.5 Å². The van der Waals surface area contributed by atoms with Crippen molar-refractivity contribution < 1.29 is 23.9 Å². The van der Waals surface area contributed by atoms with E-state index in [4.69, 9.17) is 15.2 Å². The molecule has 198 valence electrons. The van der Waals surface area contributed by atoms with Crippen LogP contribution in [0.3, 0.4) is 0 Å². The fourth-order valence-corrected chi connectivity index (χ4v) is 5.92. The second-order valence-corrected chi connectivity index (χ2v) is 12.9. The van der Waals surface area contributed by atoms with E-state index in [-0.39, 0.29) is 23.7 Å². The van der Waals surface area contributed by atoms with Crippen molar-refractivity contribution in [1.29, 1.82) is 0 Å². The molecule has 1 fully saturated rings. The quantitative estimate of drug-likeness (QED) is 0.351. The van der Waals surface area contributed by atoms with Gasteiger partial charge in [-0.2, -0.15) is 0 Å². The van der Waals surface area contributed by atoms with Crippen molar-refractivity contribution in [2.45, 2.75) is 89.3 Å². The number of carbonyl (C=O) groups excluding carboxylic acids is 3. The highest BCUT2D eigenvalue weighted by Crippen LogP contribution is 2.36. The molecule has 0 saturated carbocycles. The van der Waals surface area contributed by atoms with Gasteiger partial charge in [-0.3, -0.25) is 19.7 Å². The number of ether oxygens (including phenoxy) is 2. The number of nitrogens with zero attached hydrogens (tertiary/aromatic N) is 1. The Morgan fingerprint density at radius 3 is 2.43 bits per heavy atom. The molecular weight excluding hydrogens is 486 g/mol. The maximum Gasteiger partial charge on any atom is 0.326 e. The molecule has 3 N–H and O–H groups in total. The van der Waals surface area contributed by atoms with Crippen LogP contribution >= 0.6 is 23.1 Å². The molecule has 0 radical (unpaired) electrons. The Hall–Kier alpha value is -1.62. The summed E-state index contributed by atoms with van der Waals surface area (Å²) >= 11 is 3.28. The first kappa shape index (κ1) is 29.6. The first-order valence-corrected chi connectivity index (χ1v) is 14.1. The molecule has 1 saturated heterocycles. The van der Waals surface area contributed by atoms with Crippen LogP contribution in [0.4, 0.5) is 0 Å². The molecule has 0 bridgehead atoms. The van der Waals surface area contributed by atoms with Crippen molar-refractivity contribution in [2.75, 3.05) is 25.4 Å². The summed E-state index contributed by atoms with van der Waals surface area (Å²) in [6, 6.07) is 2.75. The van der Waals surface area contributed by atoms with Gasteiger partial charge in [-0.25, -0.2) is 0 Å². The number of esters is 2. The average molecular weight is 528 g/mol. The Morgan fingerprint density at radius 2 is 1.86 bits per heavy atom. The summed E-state index contributed by atoms with van der Waals surface area (Å²) in [6.07, 6.45) is 2.03. The van der Waals surface area contributed by atoms with Gasteiger partial charge in [-0.15, -0.1) is 23.1 Å². The lowest BCUT2D eigenvalue weighted by molar-refractivity contribution is -0.160. The van der Waals surface area contributed by atoms with E-state index in [1.165, 1.54) is 0 Å². The lowest BCUT2D eigenvalue weighted by atomic mass is 10.1.